The predicted molar refractivity (Wildman–Crippen MR) is 37.3 cm³/mol. The van der Waals surface area contributed by atoms with E-state index in [2.05, 4.69) is 35.2 Å². The van der Waals surface area contributed by atoms with E-state index in [1.54, 1.807) is 0 Å². The number of hydrogen-bond donors (Lipinski definition) is 0. The Morgan fingerprint density at radius 3 is 2.14 bits per heavy atom. The minimum atomic E-state index is 0.746. The molecule has 0 aliphatic carbocycles. The van der Waals surface area contributed by atoms with Gasteiger partial charge in [0, 0.05) is 0 Å². The van der Waals surface area contributed by atoms with Gasteiger partial charge < -0.3 is 0 Å². The lowest BCUT2D eigenvalue weighted by Crippen LogP contribution is -1.96. The number of rotatable bonds is 3. The van der Waals surface area contributed by atoms with Crippen molar-refractivity contribution in [1.82, 2.24) is 0 Å². The Bertz CT molecular complexity index is 35.1. The summed E-state index contributed by atoms with van der Waals surface area (Å²) in [4.78, 5) is 0. The molecule has 0 fully saturated rings. The fourth-order valence-corrected chi connectivity index (χ4v) is 0.408. The molecular formula is C5H12B2. The molecule has 0 aliphatic rings. The first kappa shape index (κ1) is 7.13. The summed E-state index contributed by atoms with van der Waals surface area (Å²) in [7, 11) is 4.46. The van der Waals surface area contributed by atoms with Crippen LogP contribution in [0.25, 0.3) is 0 Å². The molecule has 7 heavy (non-hydrogen) atoms. The van der Waals surface area contributed by atoms with E-state index in [9.17, 15) is 0 Å². The van der Waals surface area contributed by atoms with E-state index in [0.717, 1.165) is 12.0 Å². The van der Waals surface area contributed by atoms with Crippen LogP contribution in [-0.2, 0) is 0 Å². The molecule has 0 rings (SSSR count). The van der Waals surface area contributed by atoms with E-state index in [0.29, 0.717) is 0 Å². The van der Waals surface area contributed by atoms with Crippen LogP contribution < -0.4 is 0 Å². The maximum absolute atomic E-state index is 2.29. The standard InChI is InChI=1S/C5H12B2/c1-5(2)7-4-6-3/h5H,4H2,1-3H3. The van der Waals surface area contributed by atoms with Crippen LogP contribution in [-0.4, -0.2) is 14.6 Å². The average molecular weight is 93.8 g/mol. The van der Waals surface area contributed by atoms with Crippen molar-refractivity contribution in [2.45, 2.75) is 32.7 Å². The van der Waals surface area contributed by atoms with E-state index < -0.39 is 0 Å². The van der Waals surface area contributed by atoms with Crippen LogP contribution in [0.15, 0.2) is 0 Å². The third kappa shape index (κ3) is 6.13. The quantitative estimate of drug-likeness (QED) is 0.466. The zero-order valence-corrected chi connectivity index (χ0v) is 5.44. The SMILES string of the molecule is C[B]C[B]C(C)C. The fraction of sp³-hybridized carbons (Fsp3) is 1.00. The van der Waals surface area contributed by atoms with Gasteiger partial charge in [-0.3, -0.25) is 0 Å². The molecule has 0 atom stereocenters. The first-order chi connectivity index (χ1) is 3.27. The van der Waals surface area contributed by atoms with Crippen LogP contribution in [0.5, 0.6) is 0 Å². The molecule has 0 aromatic carbocycles. The summed E-state index contributed by atoms with van der Waals surface area (Å²) in [5, 5.41) is 0. The molecule has 0 aromatic heterocycles. The predicted octanol–water partition coefficient (Wildman–Crippen LogP) is 1.65. The molecule has 2 radical (unpaired) electrons. The molecule has 0 amide bonds. The van der Waals surface area contributed by atoms with Crippen LogP contribution in [0.3, 0.4) is 0 Å². The third-order valence-electron chi connectivity index (χ3n) is 0.843. The molecule has 0 bridgehead atoms. The van der Waals surface area contributed by atoms with Gasteiger partial charge in [0.2, 0.25) is 0 Å². The van der Waals surface area contributed by atoms with Gasteiger partial charge in [-0.05, 0) is 0 Å². The average Bonchev–Trinajstić information content (AvgIpc) is 1.61. The molecule has 38 valence electrons. The minimum Gasteiger partial charge on any atom is -0.107 e. The topological polar surface area (TPSA) is 0 Å². The summed E-state index contributed by atoms with van der Waals surface area (Å²) in [6.07, 6.45) is 1.15. The monoisotopic (exact) mass is 94.1 g/mol. The van der Waals surface area contributed by atoms with Crippen molar-refractivity contribution in [3.8, 4) is 0 Å². The molecule has 0 aliphatic heterocycles. The van der Waals surface area contributed by atoms with Crippen molar-refractivity contribution in [1.29, 1.82) is 0 Å². The van der Waals surface area contributed by atoms with Crippen molar-refractivity contribution in [2.24, 2.45) is 0 Å². The van der Waals surface area contributed by atoms with Gasteiger partial charge in [0.05, 0.1) is 7.28 Å². The first-order valence-corrected chi connectivity index (χ1v) is 2.88. The van der Waals surface area contributed by atoms with Crippen LogP contribution in [0, 0.1) is 0 Å². The van der Waals surface area contributed by atoms with Gasteiger partial charge in [-0.15, -0.1) is 6.22 Å². The molecule has 2 heteroatoms. The van der Waals surface area contributed by atoms with Crippen molar-refractivity contribution < 1.29 is 0 Å². The summed E-state index contributed by atoms with van der Waals surface area (Å²) in [6.45, 7) is 6.48. The minimum absolute atomic E-state index is 0.746. The van der Waals surface area contributed by atoms with Crippen LogP contribution in [0.1, 0.15) is 13.8 Å². The van der Waals surface area contributed by atoms with Crippen LogP contribution in [0.4, 0.5) is 0 Å². The molecule has 0 spiro atoms. The molecule has 0 heterocycles. The highest BCUT2D eigenvalue weighted by atomic mass is 13.7. The van der Waals surface area contributed by atoms with E-state index >= 15 is 0 Å². The fourth-order valence-electron chi connectivity index (χ4n) is 0.408. The first-order valence-electron chi connectivity index (χ1n) is 2.88. The highest BCUT2D eigenvalue weighted by Crippen LogP contribution is 1.97. The highest BCUT2D eigenvalue weighted by molar-refractivity contribution is 6.55. The summed E-state index contributed by atoms with van der Waals surface area (Å²) >= 11 is 0. The molecular weight excluding hydrogens is 81.7 g/mol. The lowest BCUT2D eigenvalue weighted by Gasteiger charge is -1.95. The van der Waals surface area contributed by atoms with Gasteiger partial charge in [0.25, 0.3) is 0 Å². The Labute approximate surface area is 48.2 Å². The van der Waals surface area contributed by atoms with Gasteiger partial charge in [-0.1, -0.05) is 26.5 Å². The Hall–Kier alpha value is 0.130. The largest absolute Gasteiger partial charge is 0.107 e. The van der Waals surface area contributed by atoms with Crippen LogP contribution >= 0.6 is 0 Å². The van der Waals surface area contributed by atoms with Crippen molar-refractivity contribution in [3.63, 3.8) is 0 Å². The highest BCUT2D eigenvalue weighted by Gasteiger charge is 1.92. The lowest BCUT2D eigenvalue weighted by molar-refractivity contribution is 1.06. The van der Waals surface area contributed by atoms with Crippen molar-refractivity contribution in [3.05, 3.63) is 0 Å². The third-order valence-corrected chi connectivity index (χ3v) is 0.843. The molecule has 0 nitrogen and oxygen atoms in total. The normalized spacial score (nSPS) is 9.14. The lowest BCUT2D eigenvalue weighted by atomic mass is 9.51. The second-order valence-corrected chi connectivity index (χ2v) is 2.12. The summed E-state index contributed by atoms with van der Waals surface area (Å²) in [5.74, 6) is 0.746. The summed E-state index contributed by atoms with van der Waals surface area (Å²) < 4.78 is 0. The van der Waals surface area contributed by atoms with Gasteiger partial charge in [0.1, 0.15) is 7.28 Å². The zero-order valence-electron chi connectivity index (χ0n) is 5.44. The van der Waals surface area contributed by atoms with Gasteiger partial charge >= 0.3 is 0 Å². The molecule has 0 unspecified atom stereocenters. The maximum atomic E-state index is 2.29. The Morgan fingerprint density at radius 2 is 2.00 bits per heavy atom. The van der Waals surface area contributed by atoms with Crippen LogP contribution in [0.2, 0.25) is 18.9 Å². The summed E-state index contributed by atoms with van der Waals surface area (Å²) in [5.41, 5.74) is 0. The smallest absolute Gasteiger partial charge is 0.104 e. The van der Waals surface area contributed by atoms with E-state index in [-0.39, 0.29) is 0 Å². The van der Waals surface area contributed by atoms with Gasteiger partial charge in [0.15, 0.2) is 0 Å². The molecule has 0 N–H and O–H groups in total. The Morgan fingerprint density at radius 1 is 1.43 bits per heavy atom. The van der Waals surface area contributed by atoms with Crippen molar-refractivity contribution >= 4 is 14.6 Å². The Kier molecular flexibility index (Phi) is 4.37. The van der Waals surface area contributed by atoms with E-state index in [1.807, 2.05) is 0 Å². The summed E-state index contributed by atoms with van der Waals surface area (Å²) in [6, 6.07) is 0. The Balaban J connectivity index is 2.68. The van der Waals surface area contributed by atoms with Gasteiger partial charge in [-0.2, -0.15) is 0 Å². The molecule has 0 saturated carbocycles. The van der Waals surface area contributed by atoms with Crippen molar-refractivity contribution in [2.75, 3.05) is 0 Å². The molecule has 0 saturated heterocycles. The maximum Gasteiger partial charge on any atom is 0.104 e. The zero-order chi connectivity index (χ0) is 5.70. The second kappa shape index (κ2) is 4.29. The molecule has 0 aromatic rings. The van der Waals surface area contributed by atoms with Gasteiger partial charge in [-0.25, -0.2) is 0 Å². The second-order valence-electron chi connectivity index (χ2n) is 2.12. The van der Waals surface area contributed by atoms with E-state index in [1.165, 1.54) is 0 Å². The number of hydrogen-bond acceptors (Lipinski definition) is 0. The van der Waals surface area contributed by atoms with E-state index in [4.69, 9.17) is 0 Å².